The Hall–Kier alpha value is -0.120. The molecule has 2 aliphatic heterocycles. The monoisotopic (exact) mass is 282 g/mol. The van der Waals surface area contributed by atoms with Gasteiger partial charge in [0.05, 0.1) is 6.61 Å². The maximum Gasteiger partial charge on any atom is 0.0620 e. The van der Waals surface area contributed by atoms with Crippen molar-refractivity contribution in [3.63, 3.8) is 0 Å². The van der Waals surface area contributed by atoms with Crippen LogP contribution in [-0.4, -0.2) is 49.3 Å². The summed E-state index contributed by atoms with van der Waals surface area (Å²) in [5.41, 5.74) is 0. The summed E-state index contributed by atoms with van der Waals surface area (Å²) in [4.78, 5) is 2.84. The Morgan fingerprint density at radius 2 is 1.85 bits per heavy atom. The lowest BCUT2D eigenvalue weighted by Crippen LogP contribution is -2.61. The summed E-state index contributed by atoms with van der Waals surface area (Å²) in [6.07, 6.45) is 8.10. The molecule has 2 heterocycles. The predicted octanol–water partition coefficient (Wildman–Crippen LogP) is 3.04. The van der Waals surface area contributed by atoms with Crippen molar-refractivity contribution in [2.24, 2.45) is 5.92 Å². The fourth-order valence-electron chi connectivity index (χ4n) is 4.27. The Balaban J connectivity index is 2.03. The number of hydrogen-bond donors (Lipinski definition) is 1. The van der Waals surface area contributed by atoms with E-state index in [9.17, 15) is 0 Å². The molecule has 2 fully saturated rings. The molecular formula is C17H34N2O. The molecule has 3 nitrogen and oxygen atoms in total. The Bertz CT molecular complexity index is 268. The average Bonchev–Trinajstić information content (AvgIpc) is 2.41. The fraction of sp³-hybridized carbons (Fsp3) is 1.00. The van der Waals surface area contributed by atoms with Crippen molar-refractivity contribution in [3.05, 3.63) is 0 Å². The molecule has 1 N–H and O–H groups in total. The van der Waals surface area contributed by atoms with Crippen LogP contribution in [0.1, 0.15) is 59.3 Å². The molecule has 0 aromatic rings. The van der Waals surface area contributed by atoms with Crippen molar-refractivity contribution in [2.75, 3.05) is 20.3 Å². The zero-order chi connectivity index (χ0) is 14.5. The molecule has 2 bridgehead atoms. The molecule has 3 unspecified atom stereocenters. The predicted molar refractivity (Wildman–Crippen MR) is 85.1 cm³/mol. The lowest BCUT2D eigenvalue weighted by Gasteiger charge is -2.53. The molecule has 118 valence electrons. The summed E-state index contributed by atoms with van der Waals surface area (Å²) in [5.74, 6) is 0.679. The first kappa shape index (κ1) is 16.3. The molecule has 0 aliphatic carbocycles. The van der Waals surface area contributed by atoms with Crippen molar-refractivity contribution in [1.82, 2.24) is 10.2 Å². The number of piperidine rings is 2. The minimum Gasteiger partial charge on any atom is -0.383 e. The first-order chi connectivity index (χ1) is 9.67. The van der Waals surface area contributed by atoms with Crippen LogP contribution < -0.4 is 5.32 Å². The van der Waals surface area contributed by atoms with Crippen LogP contribution in [-0.2, 0) is 4.74 Å². The first-order valence-corrected chi connectivity index (χ1v) is 8.67. The van der Waals surface area contributed by atoms with E-state index in [1.54, 1.807) is 0 Å². The quantitative estimate of drug-likeness (QED) is 0.777. The third-order valence-corrected chi connectivity index (χ3v) is 5.20. The maximum absolute atomic E-state index is 5.52. The van der Waals surface area contributed by atoms with E-state index in [1.807, 2.05) is 7.11 Å². The summed E-state index contributed by atoms with van der Waals surface area (Å²) in [5, 5.41) is 3.76. The standard InChI is InChI=1S/C17H34N2O/c1-5-9-18-14-10-15-7-6-8-16(11-14)19(15)17(12-20-4)13(2)3/h13-18H,5-12H2,1-4H3. The fourth-order valence-corrected chi connectivity index (χ4v) is 4.27. The van der Waals surface area contributed by atoms with E-state index in [-0.39, 0.29) is 0 Å². The van der Waals surface area contributed by atoms with Gasteiger partial charge >= 0.3 is 0 Å². The summed E-state index contributed by atoms with van der Waals surface area (Å²) in [6, 6.07) is 2.90. The summed E-state index contributed by atoms with van der Waals surface area (Å²) < 4.78 is 5.52. The number of hydrogen-bond acceptors (Lipinski definition) is 3. The van der Waals surface area contributed by atoms with Gasteiger partial charge in [0.25, 0.3) is 0 Å². The molecule has 3 heteroatoms. The zero-order valence-electron chi connectivity index (χ0n) is 13.9. The molecule has 2 rings (SSSR count). The Labute approximate surface area is 125 Å². The van der Waals surface area contributed by atoms with Crippen LogP contribution in [0.3, 0.4) is 0 Å². The van der Waals surface area contributed by atoms with Crippen LogP contribution >= 0.6 is 0 Å². The maximum atomic E-state index is 5.52. The van der Waals surface area contributed by atoms with Gasteiger partial charge in [-0.05, 0) is 44.6 Å². The number of rotatable bonds is 7. The van der Waals surface area contributed by atoms with Crippen LogP contribution in [0.4, 0.5) is 0 Å². The Kier molecular flexibility index (Phi) is 6.31. The van der Waals surface area contributed by atoms with Gasteiger partial charge in [-0.1, -0.05) is 27.2 Å². The second-order valence-electron chi connectivity index (χ2n) is 7.07. The van der Waals surface area contributed by atoms with Gasteiger partial charge in [0, 0.05) is 31.3 Å². The van der Waals surface area contributed by atoms with Crippen LogP contribution in [0.15, 0.2) is 0 Å². The highest BCUT2D eigenvalue weighted by molar-refractivity contribution is 4.98. The first-order valence-electron chi connectivity index (χ1n) is 8.67. The lowest BCUT2D eigenvalue weighted by atomic mass is 9.79. The molecular weight excluding hydrogens is 248 g/mol. The van der Waals surface area contributed by atoms with Gasteiger partial charge in [-0.3, -0.25) is 4.90 Å². The van der Waals surface area contributed by atoms with Crippen LogP contribution in [0.2, 0.25) is 0 Å². The number of ether oxygens (including phenoxy) is 1. The second kappa shape index (κ2) is 7.77. The van der Waals surface area contributed by atoms with Crippen molar-refractivity contribution >= 4 is 0 Å². The Morgan fingerprint density at radius 3 is 2.35 bits per heavy atom. The minimum absolute atomic E-state index is 0.599. The van der Waals surface area contributed by atoms with Crippen molar-refractivity contribution in [1.29, 1.82) is 0 Å². The van der Waals surface area contributed by atoms with Gasteiger partial charge in [-0.15, -0.1) is 0 Å². The van der Waals surface area contributed by atoms with E-state index in [0.717, 1.165) is 24.7 Å². The number of methoxy groups -OCH3 is 1. The third-order valence-electron chi connectivity index (χ3n) is 5.20. The van der Waals surface area contributed by atoms with Crippen molar-refractivity contribution in [3.8, 4) is 0 Å². The molecule has 2 aliphatic rings. The van der Waals surface area contributed by atoms with E-state index in [0.29, 0.717) is 12.0 Å². The van der Waals surface area contributed by atoms with Gasteiger partial charge in [0.1, 0.15) is 0 Å². The normalized spacial score (nSPS) is 32.5. The summed E-state index contributed by atoms with van der Waals surface area (Å²) in [7, 11) is 1.85. The molecule has 0 saturated carbocycles. The van der Waals surface area contributed by atoms with Crippen LogP contribution in [0.5, 0.6) is 0 Å². The van der Waals surface area contributed by atoms with Gasteiger partial charge in [-0.2, -0.15) is 0 Å². The van der Waals surface area contributed by atoms with Crippen molar-refractivity contribution < 1.29 is 4.74 Å². The molecule has 0 aromatic carbocycles. The number of fused-ring (bicyclic) bond motifs is 2. The topological polar surface area (TPSA) is 24.5 Å². The molecule has 0 amide bonds. The molecule has 0 aromatic heterocycles. The van der Waals surface area contributed by atoms with E-state index >= 15 is 0 Å². The highest BCUT2D eigenvalue weighted by Crippen LogP contribution is 2.37. The van der Waals surface area contributed by atoms with E-state index in [1.165, 1.54) is 45.1 Å². The average molecular weight is 282 g/mol. The molecule has 0 radical (unpaired) electrons. The SMILES string of the molecule is CCCNC1CC2CCCC(C1)N2C(COC)C(C)C. The summed E-state index contributed by atoms with van der Waals surface area (Å²) in [6.45, 7) is 9.02. The van der Waals surface area contributed by atoms with E-state index < -0.39 is 0 Å². The largest absolute Gasteiger partial charge is 0.383 e. The van der Waals surface area contributed by atoms with E-state index in [4.69, 9.17) is 4.74 Å². The zero-order valence-corrected chi connectivity index (χ0v) is 13.9. The minimum atomic E-state index is 0.599. The Morgan fingerprint density at radius 1 is 1.20 bits per heavy atom. The second-order valence-corrected chi connectivity index (χ2v) is 7.07. The lowest BCUT2D eigenvalue weighted by molar-refractivity contribution is -0.0498. The van der Waals surface area contributed by atoms with Crippen LogP contribution in [0, 0.1) is 5.92 Å². The highest BCUT2D eigenvalue weighted by atomic mass is 16.5. The third kappa shape index (κ3) is 3.75. The number of nitrogens with one attached hydrogen (secondary N) is 1. The molecule has 2 saturated heterocycles. The summed E-state index contributed by atoms with van der Waals surface area (Å²) >= 11 is 0. The van der Waals surface area contributed by atoms with Gasteiger partial charge in [-0.25, -0.2) is 0 Å². The molecule has 0 spiro atoms. The number of nitrogens with zero attached hydrogens (tertiary/aromatic N) is 1. The van der Waals surface area contributed by atoms with Crippen molar-refractivity contribution in [2.45, 2.75) is 83.5 Å². The van der Waals surface area contributed by atoms with Gasteiger partial charge in [0.2, 0.25) is 0 Å². The van der Waals surface area contributed by atoms with Gasteiger partial charge in [0.15, 0.2) is 0 Å². The van der Waals surface area contributed by atoms with E-state index in [2.05, 4.69) is 31.0 Å². The smallest absolute Gasteiger partial charge is 0.0620 e. The van der Waals surface area contributed by atoms with Gasteiger partial charge < -0.3 is 10.1 Å². The molecule has 3 atom stereocenters. The molecule has 20 heavy (non-hydrogen) atoms. The van der Waals surface area contributed by atoms with Crippen LogP contribution in [0.25, 0.3) is 0 Å². The highest BCUT2D eigenvalue weighted by Gasteiger charge is 2.42.